The molecule has 1 aromatic rings. The zero-order valence-corrected chi connectivity index (χ0v) is 15.2. The maximum Gasteiger partial charge on any atom is 0.224 e. The van der Waals surface area contributed by atoms with E-state index in [0.29, 0.717) is 19.0 Å². The molecule has 6 heteroatoms. The first-order valence-corrected chi connectivity index (χ1v) is 9.39. The quantitative estimate of drug-likeness (QED) is 0.619. The molecular weight excluding hydrogens is 308 g/mol. The molecule has 1 atom stereocenters. The lowest BCUT2D eigenvalue weighted by molar-refractivity contribution is -0.131. The topological polar surface area (TPSA) is 56.7 Å². The van der Waals surface area contributed by atoms with Crippen molar-refractivity contribution in [3.8, 4) is 0 Å². The van der Waals surface area contributed by atoms with Crippen LogP contribution in [0.4, 0.5) is 0 Å². The van der Waals surface area contributed by atoms with Crippen LogP contribution in [0.2, 0.25) is 0 Å². The predicted octanol–water partition coefficient (Wildman–Crippen LogP) is 2.38. The molecule has 0 fully saturated rings. The van der Waals surface area contributed by atoms with Crippen LogP contribution < -0.4 is 10.6 Å². The maximum atomic E-state index is 12.4. The van der Waals surface area contributed by atoms with Crippen LogP contribution in [0.5, 0.6) is 0 Å². The van der Waals surface area contributed by atoms with Gasteiger partial charge in [-0.2, -0.15) is 0 Å². The van der Waals surface area contributed by atoms with E-state index in [1.165, 1.54) is 10.4 Å². The fraction of sp³-hybridized carbons (Fsp3) is 0.647. The molecule has 2 N–H and O–H groups in total. The molecule has 1 unspecified atom stereocenters. The van der Waals surface area contributed by atoms with Gasteiger partial charge in [-0.15, -0.1) is 11.3 Å². The maximum absolute atomic E-state index is 12.4. The summed E-state index contributed by atoms with van der Waals surface area (Å²) in [7, 11) is 0. The van der Waals surface area contributed by atoms with Crippen molar-refractivity contribution in [2.45, 2.75) is 52.6 Å². The minimum Gasteiger partial charge on any atom is -0.357 e. The number of nitrogens with zero attached hydrogens (tertiary/aromatic N) is 2. The van der Waals surface area contributed by atoms with Gasteiger partial charge in [-0.3, -0.25) is 9.79 Å². The highest BCUT2D eigenvalue weighted by Gasteiger charge is 2.20. The number of nitrogens with one attached hydrogen (secondary N) is 2. The van der Waals surface area contributed by atoms with Crippen molar-refractivity contribution in [2.24, 2.45) is 4.99 Å². The van der Waals surface area contributed by atoms with Crippen LogP contribution in [0.3, 0.4) is 0 Å². The summed E-state index contributed by atoms with van der Waals surface area (Å²) in [4.78, 5) is 20.3. The summed E-state index contributed by atoms with van der Waals surface area (Å²) in [5.74, 6) is 0.999. The fourth-order valence-electron chi connectivity index (χ4n) is 2.54. The average molecular weight is 337 g/mol. The van der Waals surface area contributed by atoms with E-state index in [9.17, 15) is 4.79 Å². The van der Waals surface area contributed by atoms with Crippen LogP contribution in [0.1, 0.15) is 44.1 Å². The molecule has 0 aromatic carbocycles. The molecule has 2 heterocycles. The summed E-state index contributed by atoms with van der Waals surface area (Å²) in [6, 6.07) is 2.51. The van der Waals surface area contributed by atoms with Gasteiger partial charge in [0, 0.05) is 37.0 Å². The summed E-state index contributed by atoms with van der Waals surface area (Å²) in [6.45, 7) is 9.25. The minimum absolute atomic E-state index is 0.199. The molecule has 0 saturated carbocycles. The van der Waals surface area contributed by atoms with Crippen LogP contribution in [0, 0.1) is 0 Å². The molecule has 1 aromatic heterocycles. The monoisotopic (exact) mass is 336 g/mol. The minimum atomic E-state index is 0.199. The van der Waals surface area contributed by atoms with E-state index < -0.39 is 0 Å². The van der Waals surface area contributed by atoms with Gasteiger partial charge in [0.1, 0.15) is 0 Å². The summed E-state index contributed by atoms with van der Waals surface area (Å²) in [5.41, 5.74) is 1.31. The zero-order chi connectivity index (χ0) is 16.7. The molecule has 0 radical (unpaired) electrons. The highest BCUT2D eigenvalue weighted by Crippen LogP contribution is 2.24. The average Bonchev–Trinajstić information content (AvgIpc) is 3.02. The molecule has 5 nitrogen and oxygen atoms in total. The lowest BCUT2D eigenvalue weighted by Crippen LogP contribution is -2.42. The van der Waals surface area contributed by atoms with Crippen LogP contribution >= 0.6 is 11.3 Å². The number of thiophene rings is 1. The van der Waals surface area contributed by atoms with Gasteiger partial charge < -0.3 is 15.5 Å². The van der Waals surface area contributed by atoms with Crippen molar-refractivity contribution in [1.29, 1.82) is 0 Å². The third kappa shape index (κ3) is 5.23. The van der Waals surface area contributed by atoms with Crippen molar-refractivity contribution in [3.63, 3.8) is 0 Å². The Labute approximate surface area is 143 Å². The van der Waals surface area contributed by atoms with Gasteiger partial charge in [0.05, 0.1) is 6.54 Å². The highest BCUT2D eigenvalue weighted by atomic mass is 32.1. The second kappa shape index (κ2) is 8.91. The molecule has 0 aliphatic carbocycles. The van der Waals surface area contributed by atoms with Gasteiger partial charge in [-0.25, -0.2) is 0 Å². The molecule has 23 heavy (non-hydrogen) atoms. The second-order valence-corrected chi connectivity index (χ2v) is 6.90. The number of carbonyl (C=O) groups excluding carboxylic acids is 1. The van der Waals surface area contributed by atoms with Crippen molar-refractivity contribution in [2.75, 3.05) is 19.6 Å². The van der Waals surface area contributed by atoms with Crippen molar-refractivity contribution in [1.82, 2.24) is 15.5 Å². The van der Waals surface area contributed by atoms with Gasteiger partial charge in [0.15, 0.2) is 5.96 Å². The summed E-state index contributed by atoms with van der Waals surface area (Å²) in [5, 5.41) is 8.69. The SMILES string of the molecule is CCNC(=NCCC(=O)N1CCc2sccc2C1)NC(C)CC. The largest absolute Gasteiger partial charge is 0.357 e. The van der Waals surface area contributed by atoms with Gasteiger partial charge in [-0.05, 0) is 43.7 Å². The Balaban J connectivity index is 1.82. The molecule has 0 spiro atoms. The summed E-state index contributed by atoms with van der Waals surface area (Å²) in [6.07, 6.45) is 2.50. The molecule has 128 valence electrons. The standard InChI is InChI=1S/C17H28N4OS/c1-4-13(3)20-17(18-5-2)19-9-6-16(22)21-10-7-15-14(12-21)8-11-23-15/h8,11,13H,4-7,9-10,12H2,1-3H3,(H2,18,19,20). The normalized spacial score (nSPS) is 16.0. The number of carbonyl (C=O) groups is 1. The third-order valence-corrected chi connectivity index (χ3v) is 5.12. The van der Waals surface area contributed by atoms with Gasteiger partial charge in [0.25, 0.3) is 0 Å². The Morgan fingerprint density at radius 3 is 3.04 bits per heavy atom. The van der Waals surface area contributed by atoms with E-state index in [1.54, 1.807) is 11.3 Å². The predicted molar refractivity (Wildman–Crippen MR) is 96.9 cm³/mol. The Morgan fingerprint density at radius 1 is 1.48 bits per heavy atom. The number of guanidine groups is 1. The lowest BCUT2D eigenvalue weighted by atomic mass is 10.1. The van der Waals surface area contributed by atoms with Crippen LogP contribution in [-0.4, -0.2) is 42.4 Å². The van der Waals surface area contributed by atoms with E-state index >= 15 is 0 Å². The summed E-state index contributed by atoms with van der Waals surface area (Å²) >= 11 is 1.80. The molecule has 0 saturated heterocycles. The number of amides is 1. The fourth-order valence-corrected chi connectivity index (χ4v) is 3.43. The zero-order valence-electron chi connectivity index (χ0n) is 14.4. The van der Waals surface area contributed by atoms with Gasteiger partial charge in [0.2, 0.25) is 5.91 Å². The van der Waals surface area contributed by atoms with Gasteiger partial charge >= 0.3 is 0 Å². The summed E-state index contributed by atoms with van der Waals surface area (Å²) < 4.78 is 0. The number of hydrogen-bond acceptors (Lipinski definition) is 3. The highest BCUT2D eigenvalue weighted by molar-refractivity contribution is 7.10. The molecule has 1 aliphatic rings. The number of fused-ring (bicyclic) bond motifs is 1. The van der Waals surface area contributed by atoms with E-state index in [1.807, 2.05) is 11.8 Å². The van der Waals surface area contributed by atoms with E-state index in [2.05, 4.69) is 40.9 Å². The Morgan fingerprint density at radius 2 is 2.30 bits per heavy atom. The smallest absolute Gasteiger partial charge is 0.224 e. The first-order chi connectivity index (χ1) is 11.1. The van der Waals surface area contributed by atoms with Gasteiger partial charge in [-0.1, -0.05) is 6.92 Å². The lowest BCUT2D eigenvalue weighted by Gasteiger charge is -2.27. The van der Waals surface area contributed by atoms with E-state index in [4.69, 9.17) is 0 Å². The van der Waals surface area contributed by atoms with Crippen LogP contribution in [0.25, 0.3) is 0 Å². The number of aliphatic imine (C=N–C) groups is 1. The molecule has 2 rings (SSSR count). The molecular formula is C17H28N4OS. The second-order valence-electron chi connectivity index (χ2n) is 5.90. The van der Waals surface area contributed by atoms with Crippen molar-refractivity contribution >= 4 is 23.2 Å². The Bertz CT molecular complexity index is 540. The van der Waals surface area contributed by atoms with Crippen molar-refractivity contribution in [3.05, 3.63) is 21.9 Å². The molecule has 0 bridgehead atoms. The Kier molecular flexibility index (Phi) is 6.89. The van der Waals surface area contributed by atoms with Crippen LogP contribution in [0.15, 0.2) is 16.4 Å². The van der Waals surface area contributed by atoms with E-state index in [0.717, 1.165) is 38.4 Å². The number of hydrogen-bond donors (Lipinski definition) is 2. The molecule has 1 amide bonds. The first-order valence-electron chi connectivity index (χ1n) is 8.51. The molecule has 1 aliphatic heterocycles. The first kappa shape index (κ1) is 17.8. The Hall–Kier alpha value is -1.56. The van der Waals surface area contributed by atoms with Crippen LogP contribution in [-0.2, 0) is 17.8 Å². The van der Waals surface area contributed by atoms with Crippen molar-refractivity contribution < 1.29 is 4.79 Å². The number of rotatable bonds is 6. The third-order valence-electron chi connectivity index (χ3n) is 4.10. The van der Waals surface area contributed by atoms with E-state index in [-0.39, 0.29) is 5.91 Å².